The van der Waals surface area contributed by atoms with Gasteiger partial charge < -0.3 is 15.4 Å². The summed E-state index contributed by atoms with van der Waals surface area (Å²) < 4.78 is 4.99. The molecule has 18 heavy (non-hydrogen) atoms. The Labute approximate surface area is 110 Å². The molecule has 0 radical (unpaired) electrons. The first-order valence-electron chi connectivity index (χ1n) is 6.61. The van der Waals surface area contributed by atoms with Crippen LogP contribution in [0.25, 0.3) is 0 Å². The van der Waals surface area contributed by atoms with E-state index >= 15 is 0 Å². The molecule has 106 valence electrons. The van der Waals surface area contributed by atoms with Crippen LogP contribution in [0.15, 0.2) is 0 Å². The number of carbonyl (C=O) groups excluding carboxylic acids is 2. The smallest absolute Gasteiger partial charge is 0.407 e. The lowest BCUT2D eigenvalue weighted by molar-refractivity contribution is -0.121. The van der Waals surface area contributed by atoms with E-state index in [0.717, 1.165) is 12.8 Å². The third kappa shape index (κ3) is 8.84. The largest absolute Gasteiger partial charge is 0.447 e. The van der Waals surface area contributed by atoms with Gasteiger partial charge in [0.05, 0.1) is 6.10 Å². The van der Waals surface area contributed by atoms with Crippen molar-refractivity contribution in [3.05, 3.63) is 0 Å². The number of nitrogens with one attached hydrogen (secondary N) is 2. The van der Waals surface area contributed by atoms with Crippen molar-refractivity contribution in [3.63, 3.8) is 0 Å². The number of rotatable bonds is 7. The Morgan fingerprint density at radius 1 is 1.00 bits per heavy atom. The van der Waals surface area contributed by atoms with Crippen LogP contribution in [0.3, 0.4) is 0 Å². The summed E-state index contributed by atoms with van der Waals surface area (Å²) in [5, 5.41) is 5.65. The van der Waals surface area contributed by atoms with Crippen molar-refractivity contribution in [2.24, 2.45) is 0 Å². The van der Waals surface area contributed by atoms with Crippen molar-refractivity contribution < 1.29 is 14.3 Å². The molecule has 0 saturated heterocycles. The van der Waals surface area contributed by atoms with E-state index in [1.165, 1.54) is 0 Å². The highest BCUT2D eigenvalue weighted by Gasteiger charge is 2.12. The van der Waals surface area contributed by atoms with E-state index in [-0.39, 0.29) is 30.2 Å². The normalized spacial score (nSPS) is 13.9. The Kier molecular flexibility index (Phi) is 8.16. The summed E-state index contributed by atoms with van der Waals surface area (Å²) in [5.74, 6) is 0.0577. The number of amides is 2. The molecule has 0 heterocycles. The van der Waals surface area contributed by atoms with Gasteiger partial charge in [0.2, 0.25) is 5.91 Å². The Bertz CT molecular complexity index is 267. The molecule has 0 rings (SSSR count). The molecule has 0 aromatic carbocycles. The van der Waals surface area contributed by atoms with Crippen molar-refractivity contribution in [2.45, 2.75) is 72.1 Å². The third-order valence-electron chi connectivity index (χ3n) is 2.47. The molecule has 2 unspecified atom stereocenters. The SMILES string of the molecule is CCC(=O)NC(C)CCC(C)NC(=O)OC(C)C. The maximum absolute atomic E-state index is 11.3. The summed E-state index contributed by atoms with van der Waals surface area (Å²) in [4.78, 5) is 22.5. The first-order valence-corrected chi connectivity index (χ1v) is 6.61. The van der Waals surface area contributed by atoms with Gasteiger partial charge in [-0.25, -0.2) is 4.79 Å². The van der Waals surface area contributed by atoms with E-state index in [1.54, 1.807) is 0 Å². The zero-order valence-electron chi connectivity index (χ0n) is 12.1. The van der Waals surface area contributed by atoms with Gasteiger partial charge in [-0.2, -0.15) is 0 Å². The Morgan fingerprint density at radius 3 is 1.94 bits per heavy atom. The lowest BCUT2D eigenvalue weighted by Gasteiger charge is -2.18. The fraction of sp³-hybridized carbons (Fsp3) is 0.846. The van der Waals surface area contributed by atoms with Crippen LogP contribution in [0.2, 0.25) is 0 Å². The molecule has 5 heteroatoms. The van der Waals surface area contributed by atoms with Crippen LogP contribution in [-0.2, 0) is 9.53 Å². The Hall–Kier alpha value is -1.26. The lowest BCUT2D eigenvalue weighted by atomic mass is 10.1. The molecule has 0 aromatic rings. The van der Waals surface area contributed by atoms with Crippen LogP contribution in [0.1, 0.15) is 53.9 Å². The van der Waals surface area contributed by atoms with Crippen molar-refractivity contribution >= 4 is 12.0 Å². The summed E-state index contributed by atoms with van der Waals surface area (Å²) in [6.07, 6.45) is 1.63. The number of carbonyl (C=O) groups is 2. The van der Waals surface area contributed by atoms with Gasteiger partial charge in [0, 0.05) is 18.5 Å². The average Bonchev–Trinajstić information content (AvgIpc) is 2.24. The second kappa shape index (κ2) is 8.78. The number of alkyl carbamates (subject to hydrolysis) is 1. The molecular formula is C13H26N2O3. The molecule has 5 nitrogen and oxygen atoms in total. The second-order valence-corrected chi connectivity index (χ2v) is 4.90. The minimum atomic E-state index is -0.386. The minimum Gasteiger partial charge on any atom is -0.447 e. The predicted molar refractivity (Wildman–Crippen MR) is 71.3 cm³/mol. The van der Waals surface area contributed by atoms with E-state index in [9.17, 15) is 9.59 Å². The van der Waals surface area contributed by atoms with Gasteiger partial charge in [-0.05, 0) is 40.5 Å². The van der Waals surface area contributed by atoms with Crippen LogP contribution in [0.5, 0.6) is 0 Å². The fourth-order valence-electron chi connectivity index (χ4n) is 1.47. The fourth-order valence-corrected chi connectivity index (χ4v) is 1.47. The topological polar surface area (TPSA) is 67.4 Å². The van der Waals surface area contributed by atoms with Crippen LogP contribution < -0.4 is 10.6 Å². The molecule has 2 amide bonds. The van der Waals surface area contributed by atoms with E-state index in [1.807, 2.05) is 34.6 Å². The van der Waals surface area contributed by atoms with Gasteiger partial charge in [-0.1, -0.05) is 6.92 Å². The first kappa shape index (κ1) is 16.7. The molecule has 2 atom stereocenters. The standard InChI is InChI=1S/C13H26N2O3/c1-6-12(16)14-10(4)7-8-11(5)15-13(17)18-9(2)3/h9-11H,6-8H2,1-5H3,(H,14,16)(H,15,17). The molecule has 0 aliphatic carbocycles. The van der Waals surface area contributed by atoms with Gasteiger partial charge in [0.25, 0.3) is 0 Å². The van der Waals surface area contributed by atoms with E-state index < -0.39 is 0 Å². The molecule has 0 aliphatic rings. The van der Waals surface area contributed by atoms with E-state index in [4.69, 9.17) is 4.74 Å². The highest BCUT2D eigenvalue weighted by molar-refractivity contribution is 5.75. The summed E-state index contributed by atoms with van der Waals surface area (Å²) in [6.45, 7) is 9.34. The average molecular weight is 258 g/mol. The highest BCUT2D eigenvalue weighted by atomic mass is 16.6. The molecule has 2 N–H and O–H groups in total. The van der Waals surface area contributed by atoms with Crippen molar-refractivity contribution in [3.8, 4) is 0 Å². The van der Waals surface area contributed by atoms with Crippen molar-refractivity contribution in [2.75, 3.05) is 0 Å². The van der Waals surface area contributed by atoms with Crippen molar-refractivity contribution in [1.82, 2.24) is 10.6 Å². The number of hydrogen-bond acceptors (Lipinski definition) is 3. The molecule has 0 bridgehead atoms. The zero-order valence-corrected chi connectivity index (χ0v) is 12.1. The lowest BCUT2D eigenvalue weighted by Crippen LogP contribution is -2.37. The molecule has 0 saturated carbocycles. The van der Waals surface area contributed by atoms with Crippen LogP contribution in [0, 0.1) is 0 Å². The second-order valence-electron chi connectivity index (χ2n) is 4.90. The summed E-state index contributed by atoms with van der Waals surface area (Å²) in [5.41, 5.74) is 0. The first-order chi connectivity index (χ1) is 8.35. The molecule has 0 spiro atoms. The molecule has 0 fully saturated rings. The van der Waals surface area contributed by atoms with Crippen LogP contribution >= 0.6 is 0 Å². The molecule has 0 aliphatic heterocycles. The van der Waals surface area contributed by atoms with Crippen LogP contribution in [-0.4, -0.2) is 30.2 Å². The summed E-state index contributed by atoms with van der Waals surface area (Å²) >= 11 is 0. The van der Waals surface area contributed by atoms with Gasteiger partial charge in [-0.3, -0.25) is 4.79 Å². The number of hydrogen-bond donors (Lipinski definition) is 2. The van der Waals surface area contributed by atoms with E-state index in [0.29, 0.717) is 6.42 Å². The maximum atomic E-state index is 11.3. The number of ether oxygens (including phenoxy) is 1. The van der Waals surface area contributed by atoms with Gasteiger partial charge in [0.1, 0.15) is 0 Å². The monoisotopic (exact) mass is 258 g/mol. The van der Waals surface area contributed by atoms with Gasteiger partial charge >= 0.3 is 6.09 Å². The Morgan fingerprint density at radius 2 is 1.50 bits per heavy atom. The Balaban J connectivity index is 3.78. The van der Waals surface area contributed by atoms with Crippen LogP contribution in [0.4, 0.5) is 4.79 Å². The summed E-state index contributed by atoms with van der Waals surface area (Å²) in [6, 6.07) is 0.167. The van der Waals surface area contributed by atoms with E-state index in [2.05, 4.69) is 10.6 Å². The summed E-state index contributed by atoms with van der Waals surface area (Å²) in [7, 11) is 0. The zero-order chi connectivity index (χ0) is 14.1. The highest BCUT2D eigenvalue weighted by Crippen LogP contribution is 2.02. The molecular weight excluding hydrogens is 232 g/mol. The minimum absolute atomic E-state index is 0.0391. The van der Waals surface area contributed by atoms with Gasteiger partial charge in [-0.15, -0.1) is 0 Å². The molecule has 0 aromatic heterocycles. The quantitative estimate of drug-likeness (QED) is 0.735. The van der Waals surface area contributed by atoms with Gasteiger partial charge in [0.15, 0.2) is 0 Å². The predicted octanol–water partition coefficient (Wildman–Crippen LogP) is 2.20. The van der Waals surface area contributed by atoms with Crippen molar-refractivity contribution in [1.29, 1.82) is 0 Å². The third-order valence-corrected chi connectivity index (χ3v) is 2.47. The maximum Gasteiger partial charge on any atom is 0.407 e.